The maximum absolute atomic E-state index is 11.6. The van der Waals surface area contributed by atoms with E-state index in [2.05, 4.69) is 4.98 Å². The van der Waals surface area contributed by atoms with Gasteiger partial charge in [0.15, 0.2) is 0 Å². The third-order valence-corrected chi connectivity index (χ3v) is 3.11. The minimum atomic E-state index is -0.396. The fourth-order valence-corrected chi connectivity index (χ4v) is 1.98. The highest BCUT2D eigenvalue weighted by Crippen LogP contribution is 2.18. The number of nitrogen functional groups attached to an aromatic ring is 1. The van der Waals surface area contributed by atoms with Crippen LogP contribution in [0, 0.1) is 0 Å². The first kappa shape index (κ1) is 13.1. The zero-order valence-electron chi connectivity index (χ0n) is 11.0. The lowest BCUT2D eigenvalue weighted by molar-refractivity contribution is -0.144. The van der Waals surface area contributed by atoms with Gasteiger partial charge in [-0.15, -0.1) is 0 Å². The number of benzene rings is 1. The van der Waals surface area contributed by atoms with E-state index in [1.165, 1.54) is 7.11 Å². The molecule has 0 aliphatic carbocycles. The largest absolute Gasteiger partial charge is 0.467 e. The number of carbonyl (C=O) groups excluding carboxylic acids is 1. The Morgan fingerprint density at radius 1 is 1.47 bits per heavy atom. The Labute approximate surface area is 112 Å². The van der Waals surface area contributed by atoms with Crippen molar-refractivity contribution in [3.63, 3.8) is 0 Å². The van der Waals surface area contributed by atoms with Crippen LogP contribution in [0.2, 0.25) is 0 Å². The van der Waals surface area contributed by atoms with Gasteiger partial charge in [-0.05, 0) is 18.6 Å². The number of rotatable bonds is 4. The summed E-state index contributed by atoms with van der Waals surface area (Å²) in [5.74, 6) is 0.496. The van der Waals surface area contributed by atoms with E-state index in [4.69, 9.17) is 10.5 Å². The molecule has 100 valence electrons. The van der Waals surface area contributed by atoms with Crippen LogP contribution in [0.25, 0.3) is 0 Å². The summed E-state index contributed by atoms with van der Waals surface area (Å²) in [6.45, 7) is 1.78. The molecule has 0 saturated heterocycles. The van der Waals surface area contributed by atoms with E-state index in [-0.39, 0.29) is 5.97 Å². The number of methoxy groups -OCH3 is 1. The maximum atomic E-state index is 11.6. The van der Waals surface area contributed by atoms with Crippen molar-refractivity contribution in [3.8, 4) is 0 Å². The summed E-state index contributed by atoms with van der Waals surface area (Å²) in [4.78, 5) is 15.9. The van der Waals surface area contributed by atoms with Crippen molar-refractivity contribution in [2.45, 2.75) is 19.4 Å². The predicted molar refractivity (Wildman–Crippen MR) is 72.6 cm³/mol. The van der Waals surface area contributed by atoms with E-state index in [9.17, 15) is 4.79 Å². The first-order valence-electron chi connectivity index (χ1n) is 6.06. The normalized spacial score (nSPS) is 12.1. The molecule has 1 atom stereocenters. The molecule has 0 bridgehead atoms. The number of hydrogen-bond donors (Lipinski definition) is 1. The molecule has 0 aliphatic rings. The van der Waals surface area contributed by atoms with Crippen molar-refractivity contribution in [1.82, 2.24) is 9.55 Å². The SMILES string of the molecule is COC(=O)C(C)n1ccnc1Cc1ccccc1N. The van der Waals surface area contributed by atoms with Crippen molar-refractivity contribution in [3.05, 3.63) is 48.0 Å². The predicted octanol–water partition coefficient (Wildman–Crippen LogP) is 1.79. The van der Waals surface area contributed by atoms with Crippen molar-refractivity contribution < 1.29 is 9.53 Å². The number of ether oxygens (including phenoxy) is 1. The molecular weight excluding hydrogens is 242 g/mol. The van der Waals surface area contributed by atoms with Crippen LogP contribution >= 0.6 is 0 Å². The molecule has 5 nitrogen and oxygen atoms in total. The second kappa shape index (κ2) is 5.56. The lowest BCUT2D eigenvalue weighted by atomic mass is 10.1. The van der Waals surface area contributed by atoms with Crippen LogP contribution in [0.15, 0.2) is 36.7 Å². The second-order valence-electron chi connectivity index (χ2n) is 4.33. The zero-order chi connectivity index (χ0) is 13.8. The number of nitrogens with two attached hydrogens (primary N) is 1. The van der Waals surface area contributed by atoms with Gasteiger partial charge in [0.25, 0.3) is 0 Å². The molecule has 1 aromatic carbocycles. The van der Waals surface area contributed by atoms with E-state index >= 15 is 0 Å². The molecule has 0 aliphatic heterocycles. The maximum Gasteiger partial charge on any atom is 0.328 e. The first-order chi connectivity index (χ1) is 9.13. The smallest absolute Gasteiger partial charge is 0.328 e. The van der Waals surface area contributed by atoms with Crippen LogP contribution in [0.1, 0.15) is 24.4 Å². The Morgan fingerprint density at radius 3 is 2.89 bits per heavy atom. The van der Waals surface area contributed by atoms with E-state index in [1.54, 1.807) is 23.9 Å². The van der Waals surface area contributed by atoms with Crippen LogP contribution < -0.4 is 5.73 Å². The Morgan fingerprint density at radius 2 is 2.21 bits per heavy atom. The molecule has 2 aromatic rings. The number of esters is 1. The van der Waals surface area contributed by atoms with Crippen molar-refractivity contribution in [2.24, 2.45) is 0 Å². The molecule has 0 amide bonds. The number of aromatic nitrogens is 2. The summed E-state index contributed by atoms with van der Waals surface area (Å²) in [6.07, 6.45) is 4.03. The number of anilines is 1. The molecule has 0 fully saturated rings. The number of nitrogens with zero attached hydrogens (tertiary/aromatic N) is 2. The quantitative estimate of drug-likeness (QED) is 0.671. The lowest BCUT2D eigenvalue weighted by Crippen LogP contribution is -2.19. The third kappa shape index (κ3) is 2.76. The van der Waals surface area contributed by atoms with Crippen LogP contribution in [-0.2, 0) is 16.0 Å². The summed E-state index contributed by atoms with van der Waals surface area (Å²) < 4.78 is 6.56. The van der Waals surface area contributed by atoms with Gasteiger partial charge in [0.1, 0.15) is 11.9 Å². The fourth-order valence-electron chi connectivity index (χ4n) is 1.98. The Kier molecular flexibility index (Phi) is 3.85. The monoisotopic (exact) mass is 259 g/mol. The van der Waals surface area contributed by atoms with Gasteiger partial charge in [0.05, 0.1) is 7.11 Å². The molecular formula is C14H17N3O2. The number of para-hydroxylation sites is 1. The van der Waals surface area contributed by atoms with Crippen LogP contribution in [0.3, 0.4) is 0 Å². The van der Waals surface area contributed by atoms with E-state index in [0.29, 0.717) is 6.42 Å². The van der Waals surface area contributed by atoms with Crippen LogP contribution in [0.4, 0.5) is 5.69 Å². The topological polar surface area (TPSA) is 70.1 Å². The number of imidazole rings is 1. The van der Waals surface area contributed by atoms with Gasteiger partial charge in [-0.25, -0.2) is 9.78 Å². The van der Waals surface area contributed by atoms with E-state index in [0.717, 1.165) is 17.1 Å². The van der Waals surface area contributed by atoms with E-state index < -0.39 is 6.04 Å². The zero-order valence-corrected chi connectivity index (χ0v) is 11.0. The Balaban J connectivity index is 2.26. The van der Waals surface area contributed by atoms with Gasteiger partial charge in [-0.2, -0.15) is 0 Å². The van der Waals surface area contributed by atoms with Gasteiger partial charge >= 0.3 is 5.97 Å². The highest BCUT2D eigenvalue weighted by molar-refractivity contribution is 5.73. The number of carbonyl (C=O) groups is 1. The van der Waals surface area contributed by atoms with Gasteiger partial charge in [-0.3, -0.25) is 0 Å². The fraction of sp³-hybridized carbons (Fsp3) is 0.286. The second-order valence-corrected chi connectivity index (χ2v) is 4.33. The lowest BCUT2D eigenvalue weighted by Gasteiger charge is -2.14. The molecule has 2 N–H and O–H groups in total. The van der Waals surface area contributed by atoms with Crippen molar-refractivity contribution >= 4 is 11.7 Å². The molecule has 0 radical (unpaired) electrons. The molecule has 5 heteroatoms. The standard InChI is InChI=1S/C14H17N3O2/c1-10(14(18)19-2)17-8-7-16-13(17)9-11-5-3-4-6-12(11)15/h3-8,10H,9,15H2,1-2H3. The molecule has 19 heavy (non-hydrogen) atoms. The van der Waals surface area contributed by atoms with Crippen LogP contribution in [-0.4, -0.2) is 22.6 Å². The summed E-state index contributed by atoms with van der Waals surface area (Å²) >= 11 is 0. The minimum absolute atomic E-state index is 0.291. The molecule has 1 aromatic heterocycles. The van der Waals surface area contributed by atoms with Crippen molar-refractivity contribution in [2.75, 3.05) is 12.8 Å². The molecule has 0 spiro atoms. The van der Waals surface area contributed by atoms with Gasteiger partial charge in [-0.1, -0.05) is 18.2 Å². The molecule has 1 heterocycles. The first-order valence-corrected chi connectivity index (χ1v) is 6.06. The summed E-state index contributed by atoms with van der Waals surface area (Å²) in [6, 6.07) is 7.24. The molecule has 1 unspecified atom stereocenters. The Bertz CT molecular complexity index is 578. The Hall–Kier alpha value is -2.30. The summed E-state index contributed by atoms with van der Waals surface area (Å²) in [5, 5.41) is 0. The highest BCUT2D eigenvalue weighted by Gasteiger charge is 2.18. The van der Waals surface area contributed by atoms with E-state index in [1.807, 2.05) is 24.3 Å². The molecule has 2 rings (SSSR count). The van der Waals surface area contributed by atoms with Gasteiger partial charge in [0.2, 0.25) is 0 Å². The van der Waals surface area contributed by atoms with Crippen LogP contribution in [0.5, 0.6) is 0 Å². The van der Waals surface area contributed by atoms with Gasteiger partial charge < -0.3 is 15.0 Å². The van der Waals surface area contributed by atoms with Crippen molar-refractivity contribution in [1.29, 1.82) is 0 Å². The molecule has 0 saturated carbocycles. The van der Waals surface area contributed by atoms with Gasteiger partial charge in [0, 0.05) is 24.5 Å². The number of hydrogen-bond acceptors (Lipinski definition) is 4. The average molecular weight is 259 g/mol. The summed E-state index contributed by atoms with van der Waals surface area (Å²) in [7, 11) is 1.38. The minimum Gasteiger partial charge on any atom is -0.467 e. The highest BCUT2D eigenvalue weighted by atomic mass is 16.5. The average Bonchev–Trinajstić information content (AvgIpc) is 2.87. The third-order valence-electron chi connectivity index (χ3n) is 3.11. The summed E-state index contributed by atoms with van der Waals surface area (Å²) in [5.41, 5.74) is 7.64.